The van der Waals surface area contributed by atoms with Crippen LogP contribution in [0.4, 0.5) is 5.69 Å². The minimum atomic E-state index is -0.0298. The number of morpholine rings is 1. The monoisotopic (exact) mass is 340 g/mol. The van der Waals surface area contributed by atoms with Crippen molar-refractivity contribution in [1.82, 2.24) is 4.90 Å². The van der Waals surface area contributed by atoms with Crippen molar-refractivity contribution in [2.24, 2.45) is 4.99 Å². The standard InChI is InChI=1S/C19H20N2O4/c22-17-3-1-2-16(12-17)20-13-15-4-6-18(7-5-15)25-14-19(23)21-8-10-24-11-9-21/h1-7,12-13,22H,8-11,14H2. The van der Waals surface area contributed by atoms with Crippen LogP contribution in [0.15, 0.2) is 53.5 Å². The molecule has 0 aromatic heterocycles. The molecule has 0 spiro atoms. The van der Waals surface area contributed by atoms with Gasteiger partial charge in [0.25, 0.3) is 5.91 Å². The maximum Gasteiger partial charge on any atom is 0.260 e. The number of rotatable bonds is 5. The fourth-order valence-electron chi connectivity index (χ4n) is 2.42. The summed E-state index contributed by atoms with van der Waals surface area (Å²) in [6.07, 6.45) is 1.71. The number of aliphatic imine (C=N–C) groups is 1. The van der Waals surface area contributed by atoms with Gasteiger partial charge >= 0.3 is 0 Å². The van der Waals surface area contributed by atoms with Gasteiger partial charge < -0.3 is 19.5 Å². The number of carbonyl (C=O) groups excluding carboxylic acids is 1. The number of aromatic hydroxyl groups is 1. The van der Waals surface area contributed by atoms with Crippen LogP contribution in [0.1, 0.15) is 5.56 Å². The van der Waals surface area contributed by atoms with Crippen molar-refractivity contribution in [3.05, 3.63) is 54.1 Å². The van der Waals surface area contributed by atoms with E-state index in [1.165, 1.54) is 0 Å². The van der Waals surface area contributed by atoms with Gasteiger partial charge in [-0.25, -0.2) is 0 Å². The maximum atomic E-state index is 12.0. The lowest BCUT2D eigenvalue weighted by atomic mass is 10.2. The molecule has 1 saturated heterocycles. The molecule has 1 aliphatic heterocycles. The van der Waals surface area contributed by atoms with E-state index >= 15 is 0 Å². The normalized spacial score (nSPS) is 14.6. The Morgan fingerprint density at radius 3 is 2.68 bits per heavy atom. The predicted molar refractivity (Wildman–Crippen MR) is 94.7 cm³/mol. The first kappa shape index (κ1) is 17.0. The van der Waals surface area contributed by atoms with E-state index in [-0.39, 0.29) is 18.3 Å². The van der Waals surface area contributed by atoms with Gasteiger partial charge in [0.05, 0.1) is 18.9 Å². The van der Waals surface area contributed by atoms with Crippen molar-refractivity contribution < 1.29 is 19.4 Å². The van der Waals surface area contributed by atoms with Crippen molar-refractivity contribution in [2.45, 2.75) is 0 Å². The summed E-state index contributed by atoms with van der Waals surface area (Å²) in [5.41, 5.74) is 1.58. The Kier molecular flexibility index (Phi) is 5.64. The number of phenols is 1. The van der Waals surface area contributed by atoms with E-state index in [0.717, 1.165) is 5.56 Å². The molecule has 0 saturated carbocycles. The highest BCUT2D eigenvalue weighted by Gasteiger charge is 2.16. The second-order valence-corrected chi connectivity index (χ2v) is 5.63. The summed E-state index contributed by atoms with van der Waals surface area (Å²) >= 11 is 0. The van der Waals surface area contributed by atoms with E-state index in [1.54, 1.807) is 41.4 Å². The first-order chi connectivity index (χ1) is 12.2. The van der Waals surface area contributed by atoms with Gasteiger partial charge in [-0.3, -0.25) is 9.79 Å². The van der Waals surface area contributed by atoms with Crippen LogP contribution in [0.2, 0.25) is 0 Å². The molecule has 2 aromatic rings. The molecule has 1 fully saturated rings. The number of hydrogen-bond acceptors (Lipinski definition) is 5. The van der Waals surface area contributed by atoms with Gasteiger partial charge in [0.1, 0.15) is 11.5 Å². The quantitative estimate of drug-likeness (QED) is 0.849. The highest BCUT2D eigenvalue weighted by molar-refractivity contribution is 5.82. The third-order valence-corrected chi connectivity index (χ3v) is 3.80. The Morgan fingerprint density at radius 2 is 1.96 bits per heavy atom. The lowest BCUT2D eigenvalue weighted by molar-refractivity contribution is -0.137. The molecule has 3 rings (SSSR count). The van der Waals surface area contributed by atoms with Gasteiger partial charge in [-0.15, -0.1) is 0 Å². The number of ether oxygens (including phenoxy) is 2. The molecule has 25 heavy (non-hydrogen) atoms. The van der Waals surface area contributed by atoms with E-state index in [9.17, 15) is 9.90 Å². The Labute approximate surface area is 146 Å². The Bertz CT molecular complexity index is 737. The zero-order valence-electron chi connectivity index (χ0n) is 13.8. The van der Waals surface area contributed by atoms with Crippen molar-refractivity contribution in [2.75, 3.05) is 32.9 Å². The summed E-state index contributed by atoms with van der Waals surface area (Å²) in [4.78, 5) is 18.1. The molecule has 0 unspecified atom stereocenters. The second-order valence-electron chi connectivity index (χ2n) is 5.63. The number of hydrogen-bond donors (Lipinski definition) is 1. The number of benzene rings is 2. The van der Waals surface area contributed by atoms with E-state index in [1.807, 2.05) is 18.2 Å². The molecule has 6 nitrogen and oxygen atoms in total. The lowest BCUT2D eigenvalue weighted by Gasteiger charge is -2.26. The van der Waals surface area contributed by atoms with Gasteiger partial charge in [-0.2, -0.15) is 0 Å². The summed E-state index contributed by atoms with van der Waals surface area (Å²) in [7, 11) is 0. The lowest BCUT2D eigenvalue weighted by Crippen LogP contribution is -2.42. The zero-order valence-corrected chi connectivity index (χ0v) is 13.8. The molecule has 0 bridgehead atoms. The fourth-order valence-corrected chi connectivity index (χ4v) is 2.42. The second kappa shape index (κ2) is 8.30. The van der Waals surface area contributed by atoms with Crippen molar-refractivity contribution >= 4 is 17.8 Å². The number of phenolic OH excluding ortho intramolecular Hbond substituents is 1. The molecule has 0 radical (unpaired) electrons. The number of carbonyl (C=O) groups is 1. The van der Waals surface area contributed by atoms with Gasteiger partial charge in [0, 0.05) is 25.4 Å². The predicted octanol–water partition coefficient (Wildman–Crippen LogP) is 2.38. The average molecular weight is 340 g/mol. The molecule has 1 aliphatic rings. The van der Waals surface area contributed by atoms with Crippen LogP contribution in [-0.4, -0.2) is 55.0 Å². The molecular weight excluding hydrogens is 320 g/mol. The third kappa shape index (κ3) is 5.06. The fraction of sp³-hybridized carbons (Fsp3) is 0.263. The molecule has 1 N–H and O–H groups in total. The largest absolute Gasteiger partial charge is 0.508 e. The number of amides is 1. The smallest absolute Gasteiger partial charge is 0.260 e. The Balaban J connectivity index is 1.52. The summed E-state index contributed by atoms with van der Waals surface area (Å²) in [6.45, 7) is 2.42. The van der Waals surface area contributed by atoms with Crippen LogP contribution in [0, 0.1) is 0 Å². The van der Waals surface area contributed by atoms with E-state index in [0.29, 0.717) is 37.7 Å². The molecule has 2 aromatic carbocycles. The van der Waals surface area contributed by atoms with Crippen LogP contribution in [0.25, 0.3) is 0 Å². The van der Waals surface area contributed by atoms with Crippen LogP contribution >= 0.6 is 0 Å². The van der Waals surface area contributed by atoms with Crippen LogP contribution in [-0.2, 0) is 9.53 Å². The van der Waals surface area contributed by atoms with Crippen molar-refractivity contribution in [3.8, 4) is 11.5 Å². The Morgan fingerprint density at radius 1 is 1.20 bits per heavy atom. The number of nitrogens with zero attached hydrogens (tertiary/aromatic N) is 2. The summed E-state index contributed by atoms with van der Waals surface area (Å²) < 4.78 is 10.8. The minimum absolute atomic E-state index is 0.0245. The van der Waals surface area contributed by atoms with E-state index in [2.05, 4.69) is 4.99 Å². The molecule has 0 aliphatic carbocycles. The molecule has 1 amide bonds. The van der Waals surface area contributed by atoms with Gasteiger partial charge in [-0.05, 0) is 42.0 Å². The molecule has 6 heteroatoms. The summed E-state index contributed by atoms with van der Waals surface area (Å²) in [5, 5.41) is 9.42. The molecule has 0 atom stereocenters. The van der Waals surface area contributed by atoms with Crippen LogP contribution in [0.3, 0.4) is 0 Å². The highest BCUT2D eigenvalue weighted by Crippen LogP contribution is 2.18. The highest BCUT2D eigenvalue weighted by atomic mass is 16.5. The molecule has 1 heterocycles. The molecular formula is C19H20N2O4. The minimum Gasteiger partial charge on any atom is -0.508 e. The zero-order chi connectivity index (χ0) is 17.5. The van der Waals surface area contributed by atoms with Gasteiger partial charge in [-0.1, -0.05) is 6.07 Å². The van der Waals surface area contributed by atoms with Crippen molar-refractivity contribution in [3.63, 3.8) is 0 Å². The third-order valence-electron chi connectivity index (χ3n) is 3.80. The maximum absolute atomic E-state index is 12.0. The van der Waals surface area contributed by atoms with E-state index < -0.39 is 0 Å². The van der Waals surface area contributed by atoms with Crippen molar-refractivity contribution in [1.29, 1.82) is 0 Å². The summed E-state index contributed by atoms with van der Waals surface area (Å²) in [6, 6.07) is 14.1. The first-order valence-electron chi connectivity index (χ1n) is 8.12. The summed E-state index contributed by atoms with van der Waals surface area (Å²) in [5.74, 6) is 0.789. The van der Waals surface area contributed by atoms with E-state index in [4.69, 9.17) is 9.47 Å². The molecule has 130 valence electrons. The van der Waals surface area contributed by atoms with Gasteiger partial charge in [0.15, 0.2) is 6.61 Å². The SMILES string of the molecule is O=C(COc1ccc(C=Nc2cccc(O)c2)cc1)N1CCOCC1. The average Bonchev–Trinajstić information content (AvgIpc) is 2.66. The topological polar surface area (TPSA) is 71.4 Å². The van der Waals surface area contributed by atoms with Crippen LogP contribution < -0.4 is 4.74 Å². The van der Waals surface area contributed by atoms with Gasteiger partial charge in [0.2, 0.25) is 0 Å². The first-order valence-corrected chi connectivity index (χ1v) is 8.12. The Hall–Kier alpha value is -2.86. The van der Waals surface area contributed by atoms with Crippen LogP contribution in [0.5, 0.6) is 11.5 Å².